The first-order chi connectivity index (χ1) is 9.27. The number of hydrogen-bond acceptors (Lipinski definition) is 3. The van der Waals surface area contributed by atoms with Crippen LogP contribution in [0.5, 0.6) is 5.75 Å². The van der Waals surface area contributed by atoms with E-state index in [9.17, 15) is 4.79 Å². The minimum Gasteiger partial charge on any atom is -0.488 e. The van der Waals surface area contributed by atoms with Gasteiger partial charge >= 0.3 is 0 Å². The number of benzene rings is 1. The van der Waals surface area contributed by atoms with Gasteiger partial charge in [-0.1, -0.05) is 23.2 Å². The Hall–Kier alpha value is -0.970. The second kappa shape index (κ2) is 5.80. The third-order valence-electron chi connectivity index (χ3n) is 3.18. The van der Waals surface area contributed by atoms with Crippen molar-refractivity contribution in [2.24, 2.45) is 5.73 Å². The van der Waals surface area contributed by atoms with Crippen LogP contribution in [0.3, 0.4) is 0 Å². The van der Waals surface area contributed by atoms with E-state index in [2.05, 4.69) is 0 Å². The number of carbonyl (C=O) groups excluding carboxylic acids is 1. The van der Waals surface area contributed by atoms with Crippen molar-refractivity contribution in [1.82, 2.24) is 4.90 Å². The number of amides is 1. The molecule has 0 spiro atoms. The average molecular weight is 317 g/mol. The summed E-state index contributed by atoms with van der Waals surface area (Å²) >= 11 is 11.8. The summed E-state index contributed by atoms with van der Waals surface area (Å²) in [7, 11) is 0. The van der Waals surface area contributed by atoms with Crippen molar-refractivity contribution in [3.63, 3.8) is 0 Å². The van der Waals surface area contributed by atoms with Gasteiger partial charge in [0.05, 0.1) is 22.1 Å². The van der Waals surface area contributed by atoms with Crippen LogP contribution in [0.1, 0.15) is 20.3 Å². The maximum Gasteiger partial charge on any atom is 0.242 e. The molecule has 1 unspecified atom stereocenters. The molecule has 2 rings (SSSR count). The SMILES string of the molecule is CC(C)(N)C(=O)N1CCC(Oc2ccc(Cl)c(Cl)c2)C1. The molecule has 1 aromatic rings. The highest BCUT2D eigenvalue weighted by molar-refractivity contribution is 6.42. The summed E-state index contributed by atoms with van der Waals surface area (Å²) in [6.07, 6.45) is 0.737. The van der Waals surface area contributed by atoms with Crippen LogP contribution in [0.4, 0.5) is 0 Å². The van der Waals surface area contributed by atoms with E-state index in [1.54, 1.807) is 36.9 Å². The molecule has 1 heterocycles. The summed E-state index contributed by atoms with van der Waals surface area (Å²) in [4.78, 5) is 13.8. The molecule has 1 fully saturated rings. The lowest BCUT2D eigenvalue weighted by Gasteiger charge is -2.25. The van der Waals surface area contributed by atoms with Crippen LogP contribution in [0.25, 0.3) is 0 Å². The third-order valence-corrected chi connectivity index (χ3v) is 3.92. The molecule has 1 aliphatic rings. The maximum atomic E-state index is 12.1. The number of ether oxygens (including phenoxy) is 1. The molecular formula is C14H18Cl2N2O2. The predicted molar refractivity (Wildman–Crippen MR) is 80.3 cm³/mol. The fraction of sp³-hybridized carbons (Fsp3) is 0.500. The third kappa shape index (κ3) is 3.57. The molecule has 110 valence electrons. The Labute approximate surface area is 128 Å². The van der Waals surface area contributed by atoms with E-state index in [-0.39, 0.29) is 12.0 Å². The van der Waals surface area contributed by atoms with Crippen molar-refractivity contribution in [2.45, 2.75) is 31.9 Å². The van der Waals surface area contributed by atoms with E-state index >= 15 is 0 Å². The Balaban J connectivity index is 1.96. The molecule has 1 aromatic carbocycles. The molecule has 0 saturated carbocycles. The van der Waals surface area contributed by atoms with Gasteiger partial charge in [0.15, 0.2) is 0 Å². The summed E-state index contributed by atoms with van der Waals surface area (Å²) in [6.45, 7) is 4.62. The zero-order chi connectivity index (χ0) is 14.9. The van der Waals surface area contributed by atoms with Gasteiger partial charge in [-0.2, -0.15) is 0 Å². The molecule has 1 atom stereocenters. The van der Waals surface area contributed by atoms with Crippen LogP contribution in [0.15, 0.2) is 18.2 Å². The maximum absolute atomic E-state index is 12.1. The topological polar surface area (TPSA) is 55.6 Å². The second-order valence-electron chi connectivity index (χ2n) is 5.58. The molecule has 1 aliphatic heterocycles. The molecule has 0 aromatic heterocycles. The molecule has 0 aliphatic carbocycles. The predicted octanol–water partition coefficient (Wildman–Crippen LogP) is 2.71. The van der Waals surface area contributed by atoms with Gasteiger partial charge in [-0.3, -0.25) is 4.79 Å². The summed E-state index contributed by atoms with van der Waals surface area (Å²) in [6, 6.07) is 5.15. The number of likely N-dealkylation sites (tertiary alicyclic amines) is 1. The highest BCUT2D eigenvalue weighted by Crippen LogP contribution is 2.28. The van der Waals surface area contributed by atoms with Gasteiger partial charge in [0.25, 0.3) is 0 Å². The quantitative estimate of drug-likeness (QED) is 0.932. The largest absolute Gasteiger partial charge is 0.488 e. The van der Waals surface area contributed by atoms with Crippen molar-refractivity contribution in [2.75, 3.05) is 13.1 Å². The van der Waals surface area contributed by atoms with Crippen LogP contribution in [-0.4, -0.2) is 35.5 Å². The monoisotopic (exact) mass is 316 g/mol. The molecule has 0 bridgehead atoms. The first-order valence-corrected chi connectivity index (χ1v) is 7.23. The van der Waals surface area contributed by atoms with E-state index in [0.717, 1.165) is 6.42 Å². The normalized spacial score (nSPS) is 19.2. The number of carbonyl (C=O) groups is 1. The Morgan fingerprint density at radius 1 is 1.40 bits per heavy atom. The summed E-state index contributed by atoms with van der Waals surface area (Å²) < 4.78 is 5.83. The van der Waals surface area contributed by atoms with E-state index in [4.69, 9.17) is 33.7 Å². The van der Waals surface area contributed by atoms with Crippen LogP contribution in [-0.2, 0) is 4.79 Å². The Kier molecular flexibility index (Phi) is 4.47. The van der Waals surface area contributed by atoms with Crippen LogP contribution in [0, 0.1) is 0 Å². The van der Waals surface area contributed by atoms with Crippen molar-refractivity contribution in [3.05, 3.63) is 28.2 Å². The number of hydrogen-bond donors (Lipinski definition) is 1. The van der Waals surface area contributed by atoms with Crippen molar-refractivity contribution in [1.29, 1.82) is 0 Å². The molecule has 20 heavy (non-hydrogen) atoms. The Morgan fingerprint density at radius 3 is 2.70 bits per heavy atom. The van der Waals surface area contributed by atoms with Gasteiger partial charge in [-0.15, -0.1) is 0 Å². The molecule has 1 amide bonds. The van der Waals surface area contributed by atoms with Gasteiger partial charge in [0.2, 0.25) is 5.91 Å². The summed E-state index contributed by atoms with van der Waals surface area (Å²) in [5.74, 6) is 0.600. The number of halogens is 2. The lowest BCUT2D eigenvalue weighted by Crippen LogP contribution is -2.50. The fourth-order valence-corrected chi connectivity index (χ4v) is 2.45. The summed E-state index contributed by atoms with van der Waals surface area (Å²) in [5, 5.41) is 0.949. The van der Waals surface area contributed by atoms with Crippen LogP contribution in [0.2, 0.25) is 10.0 Å². The molecular weight excluding hydrogens is 299 g/mol. The van der Waals surface area contributed by atoms with Crippen molar-refractivity contribution >= 4 is 29.1 Å². The van der Waals surface area contributed by atoms with Gasteiger partial charge in [0.1, 0.15) is 11.9 Å². The van der Waals surface area contributed by atoms with Crippen LogP contribution < -0.4 is 10.5 Å². The minimum atomic E-state index is -0.849. The molecule has 2 N–H and O–H groups in total. The van der Waals surface area contributed by atoms with Gasteiger partial charge < -0.3 is 15.4 Å². The highest BCUT2D eigenvalue weighted by Gasteiger charge is 2.34. The van der Waals surface area contributed by atoms with Crippen molar-refractivity contribution in [3.8, 4) is 5.75 Å². The van der Waals surface area contributed by atoms with E-state index in [1.165, 1.54) is 0 Å². The smallest absolute Gasteiger partial charge is 0.242 e. The number of nitrogens with two attached hydrogens (primary N) is 1. The molecule has 0 radical (unpaired) electrons. The van der Waals surface area contributed by atoms with E-state index < -0.39 is 5.54 Å². The molecule has 1 saturated heterocycles. The number of rotatable bonds is 3. The van der Waals surface area contributed by atoms with E-state index in [0.29, 0.717) is 28.9 Å². The number of nitrogens with zero attached hydrogens (tertiary/aromatic N) is 1. The Morgan fingerprint density at radius 2 is 2.10 bits per heavy atom. The van der Waals surface area contributed by atoms with Gasteiger partial charge in [-0.25, -0.2) is 0 Å². The highest BCUT2D eigenvalue weighted by atomic mass is 35.5. The first kappa shape index (κ1) is 15.4. The first-order valence-electron chi connectivity index (χ1n) is 6.47. The van der Waals surface area contributed by atoms with Crippen molar-refractivity contribution < 1.29 is 9.53 Å². The average Bonchev–Trinajstić information content (AvgIpc) is 2.80. The summed E-state index contributed by atoms with van der Waals surface area (Å²) in [5.41, 5.74) is 4.98. The van der Waals surface area contributed by atoms with Gasteiger partial charge in [0, 0.05) is 19.0 Å². The zero-order valence-corrected chi connectivity index (χ0v) is 13.0. The molecule has 6 heteroatoms. The van der Waals surface area contributed by atoms with Crippen LogP contribution >= 0.6 is 23.2 Å². The second-order valence-corrected chi connectivity index (χ2v) is 6.39. The minimum absolute atomic E-state index is 0.0430. The Bertz CT molecular complexity index is 514. The molecule has 4 nitrogen and oxygen atoms in total. The standard InChI is InChI=1S/C14H18Cl2N2O2/c1-14(2,17)13(19)18-6-5-10(8-18)20-9-3-4-11(15)12(16)7-9/h3-4,7,10H,5-6,8,17H2,1-2H3. The van der Waals surface area contributed by atoms with E-state index in [1.807, 2.05) is 0 Å². The van der Waals surface area contributed by atoms with Gasteiger partial charge in [-0.05, 0) is 26.0 Å². The zero-order valence-electron chi connectivity index (χ0n) is 11.5. The fourth-order valence-electron chi connectivity index (χ4n) is 2.16. The lowest BCUT2D eigenvalue weighted by atomic mass is 10.1. The lowest BCUT2D eigenvalue weighted by molar-refractivity contribution is -0.135.